The predicted molar refractivity (Wildman–Crippen MR) is 64.8 cm³/mol. The molecule has 0 unspecified atom stereocenters. The van der Waals surface area contributed by atoms with Crippen LogP contribution in [0.15, 0.2) is 0 Å². The zero-order valence-electron chi connectivity index (χ0n) is 9.94. The van der Waals surface area contributed by atoms with Gasteiger partial charge >= 0.3 is 5.97 Å². The Labute approximate surface area is 93.4 Å². The van der Waals surface area contributed by atoms with E-state index in [0.717, 1.165) is 6.42 Å². The van der Waals surface area contributed by atoms with Gasteiger partial charge in [0.25, 0.3) is 0 Å². The summed E-state index contributed by atoms with van der Waals surface area (Å²) in [5, 5.41) is 0. The number of hydrogen-bond acceptors (Lipinski definition) is 2. The average molecular weight is 222 g/mol. The molecule has 0 aliphatic rings. The van der Waals surface area contributed by atoms with E-state index in [1.807, 2.05) is 0 Å². The molecule has 0 N–H and O–H groups in total. The first-order valence-electron chi connectivity index (χ1n) is 5.02. The van der Waals surface area contributed by atoms with Gasteiger partial charge in [-0.1, -0.05) is 25.6 Å². The predicted octanol–water partition coefficient (Wildman–Crippen LogP) is 2.21. The highest BCUT2D eigenvalue weighted by Gasteiger charge is 2.06. The molecule has 2 nitrogen and oxygen atoms in total. The second-order valence-corrected chi connectivity index (χ2v) is 8.98. The van der Waals surface area contributed by atoms with E-state index in [1.165, 1.54) is 7.11 Å². The number of rotatable bonds is 3. The van der Waals surface area contributed by atoms with Crippen LogP contribution in [0.25, 0.3) is 0 Å². The zero-order valence-corrected chi connectivity index (χ0v) is 10.9. The molecule has 0 radical (unpaired) electrons. The van der Waals surface area contributed by atoms with E-state index in [4.69, 9.17) is 0 Å². The number of carbonyl (C=O) groups excluding carboxylic acids is 1. The lowest BCUT2D eigenvalue weighted by Gasteiger charge is -2.01. The lowest BCUT2D eigenvalue weighted by Crippen LogP contribution is -2.16. The van der Waals surface area contributed by atoms with Crippen molar-refractivity contribution in [2.24, 2.45) is 0 Å². The standard InChI is InChI=1S/C12H18O2Si/c1-14-12(13)10-8-6-5-7-9-11-15(2,3)4/h6,8,10H2,1-4H3. The van der Waals surface area contributed by atoms with Gasteiger partial charge in [0, 0.05) is 12.8 Å². The Morgan fingerprint density at radius 2 is 1.93 bits per heavy atom. The minimum atomic E-state index is -1.29. The molecule has 0 amide bonds. The van der Waals surface area contributed by atoms with Gasteiger partial charge in [-0.25, -0.2) is 0 Å². The van der Waals surface area contributed by atoms with Crippen LogP contribution in [0.5, 0.6) is 0 Å². The molecule has 0 aliphatic carbocycles. The first-order valence-corrected chi connectivity index (χ1v) is 8.52. The first kappa shape index (κ1) is 13.8. The van der Waals surface area contributed by atoms with E-state index in [-0.39, 0.29) is 5.97 Å². The molecule has 3 heteroatoms. The highest BCUT2D eigenvalue weighted by molar-refractivity contribution is 6.83. The lowest BCUT2D eigenvalue weighted by molar-refractivity contribution is -0.140. The molecule has 0 spiro atoms. The highest BCUT2D eigenvalue weighted by Crippen LogP contribution is 1.96. The van der Waals surface area contributed by atoms with Crippen LogP contribution in [-0.4, -0.2) is 21.2 Å². The Kier molecular flexibility index (Phi) is 6.58. The van der Waals surface area contributed by atoms with Crippen LogP contribution >= 0.6 is 0 Å². The molecule has 0 saturated heterocycles. The van der Waals surface area contributed by atoms with Crippen LogP contribution in [0.1, 0.15) is 19.3 Å². The molecule has 0 aliphatic heterocycles. The molecule has 0 aromatic rings. The maximum atomic E-state index is 10.7. The zero-order chi connectivity index (χ0) is 11.7. The van der Waals surface area contributed by atoms with Crippen LogP contribution in [0.2, 0.25) is 19.6 Å². The van der Waals surface area contributed by atoms with Gasteiger partial charge in [0.05, 0.1) is 7.11 Å². The highest BCUT2D eigenvalue weighted by atomic mass is 28.3. The summed E-state index contributed by atoms with van der Waals surface area (Å²) in [5.41, 5.74) is 3.16. The summed E-state index contributed by atoms with van der Waals surface area (Å²) in [6, 6.07) is 0. The third-order valence-corrected chi connectivity index (χ3v) is 2.37. The first-order chi connectivity index (χ1) is 6.95. The van der Waals surface area contributed by atoms with E-state index in [0.29, 0.717) is 12.8 Å². The van der Waals surface area contributed by atoms with Crippen molar-refractivity contribution in [2.75, 3.05) is 7.11 Å². The average Bonchev–Trinajstić information content (AvgIpc) is 2.14. The summed E-state index contributed by atoms with van der Waals surface area (Å²) in [6.07, 6.45) is 1.89. The lowest BCUT2D eigenvalue weighted by atomic mass is 10.2. The van der Waals surface area contributed by atoms with Gasteiger partial charge in [-0.3, -0.25) is 4.79 Å². The summed E-state index contributed by atoms with van der Waals surface area (Å²) >= 11 is 0. The van der Waals surface area contributed by atoms with Crippen LogP contribution in [0.3, 0.4) is 0 Å². The molecule has 0 bridgehead atoms. The minimum absolute atomic E-state index is 0.176. The quantitative estimate of drug-likeness (QED) is 0.317. The van der Waals surface area contributed by atoms with Crippen LogP contribution < -0.4 is 0 Å². The topological polar surface area (TPSA) is 26.3 Å². The van der Waals surface area contributed by atoms with Gasteiger partial charge in [-0.05, 0) is 18.3 Å². The van der Waals surface area contributed by atoms with Crippen molar-refractivity contribution in [3.05, 3.63) is 0 Å². The number of unbranched alkanes of at least 4 members (excludes halogenated alkanes) is 1. The summed E-state index contributed by atoms with van der Waals surface area (Å²) in [4.78, 5) is 10.7. The van der Waals surface area contributed by atoms with Crippen molar-refractivity contribution in [3.8, 4) is 23.3 Å². The van der Waals surface area contributed by atoms with Gasteiger partial charge in [0.15, 0.2) is 0 Å². The van der Waals surface area contributed by atoms with Crippen LogP contribution in [-0.2, 0) is 9.53 Å². The molecule has 0 saturated carbocycles. The molecular formula is C12H18O2Si. The van der Waals surface area contributed by atoms with Crippen molar-refractivity contribution >= 4 is 14.0 Å². The van der Waals surface area contributed by atoms with Gasteiger partial charge in [0.2, 0.25) is 0 Å². The van der Waals surface area contributed by atoms with Gasteiger partial charge in [0.1, 0.15) is 8.07 Å². The molecule has 15 heavy (non-hydrogen) atoms. The van der Waals surface area contributed by atoms with E-state index in [2.05, 4.69) is 47.7 Å². The van der Waals surface area contributed by atoms with Crippen molar-refractivity contribution in [1.29, 1.82) is 0 Å². The summed E-state index contributed by atoms with van der Waals surface area (Å²) < 4.78 is 4.51. The molecular weight excluding hydrogens is 204 g/mol. The van der Waals surface area contributed by atoms with Gasteiger partial charge in [-0.2, -0.15) is 0 Å². The molecule has 0 rings (SSSR count). The maximum Gasteiger partial charge on any atom is 0.305 e. The van der Waals surface area contributed by atoms with Crippen molar-refractivity contribution in [2.45, 2.75) is 38.9 Å². The van der Waals surface area contributed by atoms with E-state index < -0.39 is 8.07 Å². The van der Waals surface area contributed by atoms with Crippen LogP contribution in [0, 0.1) is 23.3 Å². The fraction of sp³-hybridized carbons (Fsp3) is 0.583. The Morgan fingerprint density at radius 1 is 1.27 bits per heavy atom. The van der Waals surface area contributed by atoms with E-state index >= 15 is 0 Å². The monoisotopic (exact) mass is 222 g/mol. The molecule has 0 atom stereocenters. The number of ether oxygens (including phenoxy) is 1. The van der Waals surface area contributed by atoms with Crippen molar-refractivity contribution in [3.63, 3.8) is 0 Å². The molecule has 0 heterocycles. The molecule has 0 aromatic heterocycles. The van der Waals surface area contributed by atoms with Crippen molar-refractivity contribution < 1.29 is 9.53 Å². The summed E-state index contributed by atoms with van der Waals surface area (Å²) in [7, 11) is 0.109. The normalized spacial score (nSPS) is 9.33. The summed E-state index contributed by atoms with van der Waals surface area (Å²) in [5.74, 6) is 8.42. The molecule has 0 fully saturated rings. The van der Waals surface area contributed by atoms with E-state index in [9.17, 15) is 4.79 Å². The third kappa shape index (κ3) is 10.7. The SMILES string of the molecule is COC(=O)CCCC#CC#C[Si](C)(C)C. The van der Waals surface area contributed by atoms with Crippen molar-refractivity contribution in [1.82, 2.24) is 0 Å². The second kappa shape index (κ2) is 7.15. The Balaban J connectivity index is 3.72. The Hall–Kier alpha value is -1.19. The van der Waals surface area contributed by atoms with E-state index in [1.54, 1.807) is 0 Å². The Bertz CT molecular complexity index is 317. The number of esters is 1. The molecule has 82 valence electrons. The fourth-order valence-electron chi connectivity index (χ4n) is 0.749. The van der Waals surface area contributed by atoms with Gasteiger partial charge < -0.3 is 4.74 Å². The second-order valence-electron chi connectivity index (χ2n) is 4.23. The maximum absolute atomic E-state index is 10.7. The number of hydrogen-bond donors (Lipinski definition) is 0. The summed E-state index contributed by atoms with van der Waals surface area (Å²) in [6.45, 7) is 6.54. The third-order valence-electron chi connectivity index (χ3n) is 1.50. The Morgan fingerprint density at radius 3 is 2.47 bits per heavy atom. The van der Waals surface area contributed by atoms with Crippen LogP contribution in [0.4, 0.5) is 0 Å². The molecule has 0 aromatic carbocycles. The fourth-order valence-corrected chi connectivity index (χ4v) is 1.19. The smallest absolute Gasteiger partial charge is 0.305 e. The minimum Gasteiger partial charge on any atom is -0.469 e. The largest absolute Gasteiger partial charge is 0.469 e. The number of methoxy groups -OCH3 is 1. The number of carbonyl (C=O) groups is 1. The van der Waals surface area contributed by atoms with Gasteiger partial charge in [-0.15, -0.1) is 5.54 Å².